The van der Waals surface area contributed by atoms with Crippen LogP contribution in [0, 0.1) is 0 Å². The highest BCUT2D eigenvalue weighted by Crippen LogP contribution is 2.14. The minimum atomic E-state index is 0.701. The molecule has 18 heavy (non-hydrogen) atoms. The van der Waals surface area contributed by atoms with Crippen molar-refractivity contribution in [2.24, 2.45) is 0 Å². The van der Waals surface area contributed by atoms with Gasteiger partial charge in [0.1, 0.15) is 0 Å². The fourth-order valence-corrected chi connectivity index (χ4v) is 2.41. The summed E-state index contributed by atoms with van der Waals surface area (Å²) in [7, 11) is 0. The molecule has 2 rings (SSSR count). The van der Waals surface area contributed by atoms with Crippen molar-refractivity contribution >= 4 is 5.69 Å². The third-order valence-electron chi connectivity index (χ3n) is 3.92. The third kappa shape index (κ3) is 3.21. The Kier molecular flexibility index (Phi) is 4.55. The van der Waals surface area contributed by atoms with E-state index in [4.69, 9.17) is 5.73 Å². The first-order valence-corrected chi connectivity index (χ1v) is 6.86. The minimum absolute atomic E-state index is 0.701. The molecular formula is C14H24N4. The van der Waals surface area contributed by atoms with Crippen molar-refractivity contribution in [2.75, 3.05) is 31.9 Å². The Morgan fingerprint density at radius 2 is 2.06 bits per heavy atom. The Labute approximate surface area is 110 Å². The number of hydrogen-bond acceptors (Lipinski definition) is 4. The average molecular weight is 248 g/mol. The van der Waals surface area contributed by atoms with Gasteiger partial charge in [-0.1, -0.05) is 6.92 Å². The first-order valence-electron chi connectivity index (χ1n) is 6.86. The van der Waals surface area contributed by atoms with E-state index < -0.39 is 0 Å². The van der Waals surface area contributed by atoms with Crippen LogP contribution in [0.4, 0.5) is 5.69 Å². The zero-order valence-corrected chi connectivity index (χ0v) is 11.5. The van der Waals surface area contributed by atoms with Gasteiger partial charge in [0, 0.05) is 45.0 Å². The van der Waals surface area contributed by atoms with Crippen molar-refractivity contribution in [3.63, 3.8) is 0 Å². The second-order valence-electron chi connectivity index (χ2n) is 5.11. The summed E-state index contributed by atoms with van der Waals surface area (Å²) in [5.74, 6) is 0. The molecule has 1 aliphatic rings. The normalized spacial score (nSPS) is 19.9. The van der Waals surface area contributed by atoms with Gasteiger partial charge in [0.15, 0.2) is 0 Å². The van der Waals surface area contributed by atoms with Crippen LogP contribution in [-0.2, 0) is 6.54 Å². The lowest BCUT2D eigenvalue weighted by Crippen LogP contribution is -2.49. The van der Waals surface area contributed by atoms with E-state index in [-0.39, 0.29) is 0 Å². The van der Waals surface area contributed by atoms with Crippen LogP contribution >= 0.6 is 0 Å². The number of pyridine rings is 1. The van der Waals surface area contributed by atoms with E-state index in [1.54, 1.807) is 0 Å². The summed E-state index contributed by atoms with van der Waals surface area (Å²) < 4.78 is 0. The van der Waals surface area contributed by atoms with E-state index in [1.807, 2.05) is 18.3 Å². The van der Waals surface area contributed by atoms with E-state index in [0.29, 0.717) is 6.04 Å². The van der Waals surface area contributed by atoms with Gasteiger partial charge < -0.3 is 5.73 Å². The standard InChI is InChI=1S/C14H24N4/c1-3-12(2)18-9-7-17(8-10-18)11-14-13(15)5-4-6-16-14/h4-6,12H,3,7-11,15H2,1-2H3. The maximum Gasteiger partial charge on any atom is 0.0772 e. The number of aromatic nitrogens is 1. The molecule has 0 bridgehead atoms. The number of rotatable bonds is 4. The van der Waals surface area contributed by atoms with E-state index in [2.05, 4.69) is 28.6 Å². The smallest absolute Gasteiger partial charge is 0.0772 e. The molecule has 0 aliphatic carbocycles. The zero-order valence-electron chi connectivity index (χ0n) is 11.5. The molecule has 0 amide bonds. The number of anilines is 1. The summed E-state index contributed by atoms with van der Waals surface area (Å²) in [6.07, 6.45) is 3.05. The Hall–Kier alpha value is -1.13. The molecular weight excluding hydrogens is 224 g/mol. The minimum Gasteiger partial charge on any atom is -0.397 e. The van der Waals surface area contributed by atoms with E-state index in [1.165, 1.54) is 6.42 Å². The lowest BCUT2D eigenvalue weighted by molar-refractivity contribution is 0.0957. The van der Waals surface area contributed by atoms with Gasteiger partial charge in [0.25, 0.3) is 0 Å². The highest BCUT2D eigenvalue weighted by Gasteiger charge is 2.20. The molecule has 1 aliphatic heterocycles. The van der Waals surface area contributed by atoms with Crippen molar-refractivity contribution in [3.05, 3.63) is 24.0 Å². The molecule has 4 nitrogen and oxygen atoms in total. The van der Waals surface area contributed by atoms with Gasteiger partial charge in [0.05, 0.1) is 11.4 Å². The summed E-state index contributed by atoms with van der Waals surface area (Å²) in [5, 5.41) is 0. The van der Waals surface area contributed by atoms with Crippen LogP contribution in [0.15, 0.2) is 18.3 Å². The molecule has 1 aromatic rings. The first kappa shape index (κ1) is 13.3. The van der Waals surface area contributed by atoms with Crippen molar-refractivity contribution in [1.29, 1.82) is 0 Å². The van der Waals surface area contributed by atoms with Crippen molar-refractivity contribution in [3.8, 4) is 0 Å². The quantitative estimate of drug-likeness (QED) is 0.878. The highest BCUT2D eigenvalue weighted by molar-refractivity contribution is 5.41. The molecule has 2 heterocycles. The van der Waals surface area contributed by atoms with E-state index in [0.717, 1.165) is 44.1 Å². The molecule has 0 radical (unpaired) electrons. The maximum atomic E-state index is 5.94. The van der Waals surface area contributed by atoms with Gasteiger partial charge in [-0.25, -0.2) is 0 Å². The van der Waals surface area contributed by atoms with Gasteiger partial charge >= 0.3 is 0 Å². The lowest BCUT2D eigenvalue weighted by atomic mass is 10.2. The van der Waals surface area contributed by atoms with Gasteiger partial charge in [-0.2, -0.15) is 0 Å². The number of nitrogens with zero attached hydrogens (tertiary/aromatic N) is 3. The molecule has 100 valence electrons. The second-order valence-corrected chi connectivity index (χ2v) is 5.11. The fraction of sp³-hybridized carbons (Fsp3) is 0.643. The Balaban J connectivity index is 1.86. The molecule has 1 aromatic heterocycles. The molecule has 0 spiro atoms. The van der Waals surface area contributed by atoms with Gasteiger partial charge in [-0.15, -0.1) is 0 Å². The predicted molar refractivity (Wildman–Crippen MR) is 75.3 cm³/mol. The summed E-state index contributed by atoms with van der Waals surface area (Å²) in [5.41, 5.74) is 7.75. The molecule has 1 fully saturated rings. The van der Waals surface area contributed by atoms with Crippen molar-refractivity contribution in [1.82, 2.24) is 14.8 Å². The van der Waals surface area contributed by atoms with Crippen LogP contribution in [-0.4, -0.2) is 47.0 Å². The van der Waals surface area contributed by atoms with E-state index >= 15 is 0 Å². The highest BCUT2D eigenvalue weighted by atomic mass is 15.3. The Morgan fingerprint density at radius 1 is 1.33 bits per heavy atom. The SMILES string of the molecule is CCC(C)N1CCN(Cc2ncccc2N)CC1. The van der Waals surface area contributed by atoms with Gasteiger partial charge in [0.2, 0.25) is 0 Å². The predicted octanol–water partition coefficient (Wildman–Crippen LogP) is 1.58. The largest absolute Gasteiger partial charge is 0.397 e. The molecule has 4 heteroatoms. The monoisotopic (exact) mass is 248 g/mol. The van der Waals surface area contributed by atoms with Crippen LogP contribution in [0.25, 0.3) is 0 Å². The number of hydrogen-bond donors (Lipinski definition) is 1. The Bertz CT molecular complexity index is 372. The van der Waals surface area contributed by atoms with Crippen LogP contribution in [0.3, 0.4) is 0 Å². The molecule has 1 atom stereocenters. The summed E-state index contributed by atoms with van der Waals surface area (Å²) >= 11 is 0. The maximum absolute atomic E-state index is 5.94. The van der Waals surface area contributed by atoms with Crippen molar-refractivity contribution in [2.45, 2.75) is 32.9 Å². The first-order chi connectivity index (χ1) is 8.70. The van der Waals surface area contributed by atoms with Crippen LogP contribution < -0.4 is 5.73 Å². The lowest BCUT2D eigenvalue weighted by Gasteiger charge is -2.37. The molecule has 0 saturated carbocycles. The average Bonchev–Trinajstić information content (AvgIpc) is 2.41. The van der Waals surface area contributed by atoms with Gasteiger partial charge in [-0.05, 0) is 25.5 Å². The molecule has 2 N–H and O–H groups in total. The topological polar surface area (TPSA) is 45.4 Å². The third-order valence-corrected chi connectivity index (χ3v) is 3.92. The number of piperazine rings is 1. The Morgan fingerprint density at radius 3 is 2.67 bits per heavy atom. The van der Waals surface area contributed by atoms with Crippen LogP contribution in [0.1, 0.15) is 26.0 Å². The summed E-state index contributed by atoms with van der Waals surface area (Å²) in [4.78, 5) is 9.37. The van der Waals surface area contributed by atoms with Crippen LogP contribution in [0.5, 0.6) is 0 Å². The molecule has 1 saturated heterocycles. The summed E-state index contributed by atoms with van der Waals surface area (Å²) in [6.45, 7) is 9.98. The van der Waals surface area contributed by atoms with Gasteiger partial charge in [-0.3, -0.25) is 14.8 Å². The number of nitrogen functional groups attached to an aromatic ring is 1. The second kappa shape index (κ2) is 6.16. The van der Waals surface area contributed by atoms with Crippen LogP contribution in [0.2, 0.25) is 0 Å². The fourth-order valence-electron chi connectivity index (χ4n) is 2.41. The summed E-state index contributed by atoms with van der Waals surface area (Å²) in [6, 6.07) is 4.52. The van der Waals surface area contributed by atoms with E-state index in [9.17, 15) is 0 Å². The molecule has 1 unspecified atom stereocenters. The zero-order chi connectivity index (χ0) is 13.0. The number of nitrogens with two attached hydrogens (primary N) is 1. The molecule has 0 aromatic carbocycles. The van der Waals surface area contributed by atoms with Crippen molar-refractivity contribution < 1.29 is 0 Å².